The fraction of sp³-hybridized carbons (Fsp3) is 0.389. The predicted molar refractivity (Wildman–Crippen MR) is 96.1 cm³/mol. The van der Waals surface area contributed by atoms with E-state index >= 15 is 0 Å². The zero-order valence-electron chi connectivity index (χ0n) is 14.8. The molecule has 0 saturated carbocycles. The largest absolute Gasteiger partial charge is 0.859 e. The lowest BCUT2D eigenvalue weighted by Gasteiger charge is -2.20. The van der Waals surface area contributed by atoms with Crippen molar-refractivity contribution < 1.29 is 10.0 Å². The molecule has 2 aromatic rings. The van der Waals surface area contributed by atoms with Crippen molar-refractivity contribution in [2.75, 3.05) is 27.2 Å². The summed E-state index contributed by atoms with van der Waals surface area (Å²) in [5.74, 6) is -0.626. The topological polar surface area (TPSA) is 94.7 Å². The predicted octanol–water partition coefficient (Wildman–Crippen LogP) is -0.667. The highest BCUT2D eigenvalue weighted by Crippen LogP contribution is 2.15. The van der Waals surface area contributed by atoms with Crippen molar-refractivity contribution in [3.8, 4) is 11.6 Å². The molecule has 2 rings (SSSR count). The number of aromatic nitrogens is 2. The summed E-state index contributed by atoms with van der Waals surface area (Å²) in [5, 5.41) is 12.8. The summed E-state index contributed by atoms with van der Waals surface area (Å²) in [7, 11) is 4.11. The van der Waals surface area contributed by atoms with E-state index in [0.717, 1.165) is 17.5 Å². The first-order chi connectivity index (χ1) is 12.0. The van der Waals surface area contributed by atoms with Gasteiger partial charge in [-0.3, -0.25) is 19.3 Å². The number of nitrogens with one attached hydrogen (secondary N) is 2. The molecule has 0 fully saturated rings. The molecule has 0 aliphatic rings. The van der Waals surface area contributed by atoms with E-state index in [0.29, 0.717) is 24.4 Å². The lowest BCUT2D eigenvalue weighted by atomic mass is 10.1. The van der Waals surface area contributed by atoms with Crippen LogP contribution in [0.3, 0.4) is 0 Å². The molecule has 0 saturated heterocycles. The quantitative estimate of drug-likeness (QED) is 0.515. The Bertz CT molecular complexity index is 851. The highest BCUT2D eigenvalue weighted by molar-refractivity contribution is 6.01. The second kappa shape index (κ2) is 8.43. The molecule has 0 radical (unpaired) electrons. The number of quaternary nitrogens is 1. The van der Waals surface area contributed by atoms with Gasteiger partial charge in [0.2, 0.25) is 0 Å². The molecule has 0 bridgehead atoms. The average Bonchev–Trinajstić information content (AvgIpc) is 2.57. The first-order valence-electron chi connectivity index (χ1n) is 8.40. The van der Waals surface area contributed by atoms with Crippen LogP contribution >= 0.6 is 0 Å². The number of aromatic amines is 1. The Kier molecular flexibility index (Phi) is 6.30. The van der Waals surface area contributed by atoms with Gasteiger partial charge in [-0.05, 0) is 24.4 Å². The van der Waals surface area contributed by atoms with Crippen molar-refractivity contribution in [2.24, 2.45) is 4.99 Å². The molecule has 0 atom stereocenters. The SMILES string of the molecule is CCC(=NCCC[NH+](C)C)c1c([O-])n(-c2ccccc2)c(=O)[nH]c1=O. The highest BCUT2D eigenvalue weighted by Gasteiger charge is 2.13. The van der Waals surface area contributed by atoms with E-state index < -0.39 is 17.1 Å². The lowest BCUT2D eigenvalue weighted by Crippen LogP contribution is -3.05. The molecule has 25 heavy (non-hydrogen) atoms. The number of benzene rings is 1. The molecule has 0 aliphatic carbocycles. The molecule has 1 aromatic carbocycles. The minimum Gasteiger partial charge on any atom is -0.859 e. The summed E-state index contributed by atoms with van der Waals surface area (Å²) in [4.78, 5) is 32.3. The zero-order chi connectivity index (χ0) is 18.4. The van der Waals surface area contributed by atoms with Crippen LogP contribution < -0.4 is 21.3 Å². The van der Waals surface area contributed by atoms with Crippen LogP contribution in [-0.4, -0.2) is 42.4 Å². The van der Waals surface area contributed by atoms with Gasteiger partial charge in [0.05, 0.1) is 26.2 Å². The molecule has 0 amide bonds. The van der Waals surface area contributed by atoms with Crippen LogP contribution in [0, 0.1) is 0 Å². The van der Waals surface area contributed by atoms with Crippen LogP contribution in [0.15, 0.2) is 44.9 Å². The minimum absolute atomic E-state index is 0.0526. The Labute approximate surface area is 146 Å². The molecule has 7 heteroatoms. The Balaban J connectivity index is 2.48. The Morgan fingerprint density at radius 2 is 1.92 bits per heavy atom. The molecule has 7 nitrogen and oxygen atoms in total. The second-order valence-corrected chi connectivity index (χ2v) is 6.10. The third-order valence-corrected chi connectivity index (χ3v) is 3.84. The summed E-state index contributed by atoms with van der Waals surface area (Å²) >= 11 is 0. The van der Waals surface area contributed by atoms with Crippen molar-refractivity contribution >= 4 is 5.71 Å². The molecule has 0 unspecified atom stereocenters. The fourth-order valence-electron chi connectivity index (χ4n) is 2.60. The molecule has 0 aliphatic heterocycles. The normalized spacial score (nSPS) is 11.9. The number of H-pyrrole nitrogens is 1. The zero-order valence-corrected chi connectivity index (χ0v) is 14.8. The Morgan fingerprint density at radius 1 is 1.24 bits per heavy atom. The van der Waals surface area contributed by atoms with Gasteiger partial charge in [0.1, 0.15) is 0 Å². The first-order valence-corrected chi connectivity index (χ1v) is 8.40. The molecule has 1 heterocycles. The number of para-hydroxylation sites is 1. The van der Waals surface area contributed by atoms with E-state index in [1.165, 1.54) is 4.90 Å². The standard InChI is InChI=1S/C18H24N4O3/c1-4-14(19-11-8-12-21(2)3)15-16(23)20-18(25)22(17(15)24)13-9-6-5-7-10-13/h5-7,9-10,24H,4,8,11-12H2,1-3H3,(H,20,23,25). The maximum Gasteiger partial charge on any atom is 0.332 e. The number of hydrogen-bond acceptors (Lipinski definition) is 4. The first kappa shape index (κ1) is 18.7. The molecule has 2 N–H and O–H groups in total. The molecule has 1 aromatic heterocycles. The Hall–Kier alpha value is -2.67. The van der Waals surface area contributed by atoms with Gasteiger partial charge in [0, 0.05) is 24.4 Å². The maximum absolute atomic E-state index is 12.8. The molecule has 0 spiro atoms. The van der Waals surface area contributed by atoms with Crippen molar-refractivity contribution in [2.45, 2.75) is 19.8 Å². The fourth-order valence-corrected chi connectivity index (χ4v) is 2.60. The van der Waals surface area contributed by atoms with Gasteiger partial charge in [-0.1, -0.05) is 25.1 Å². The van der Waals surface area contributed by atoms with E-state index in [9.17, 15) is 14.7 Å². The van der Waals surface area contributed by atoms with Crippen molar-refractivity contribution in [3.63, 3.8) is 0 Å². The van der Waals surface area contributed by atoms with Gasteiger partial charge in [0.15, 0.2) is 0 Å². The van der Waals surface area contributed by atoms with Crippen LogP contribution in [-0.2, 0) is 0 Å². The summed E-state index contributed by atoms with van der Waals surface area (Å²) in [5.41, 5.74) is -0.618. The smallest absolute Gasteiger partial charge is 0.332 e. The highest BCUT2D eigenvalue weighted by atomic mass is 16.3. The van der Waals surface area contributed by atoms with Gasteiger partial charge in [-0.15, -0.1) is 0 Å². The summed E-state index contributed by atoms with van der Waals surface area (Å²) in [6.45, 7) is 3.33. The molecular formula is C18H24N4O3. The van der Waals surface area contributed by atoms with Crippen LogP contribution in [0.2, 0.25) is 0 Å². The second-order valence-electron chi connectivity index (χ2n) is 6.10. The van der Waals surface area contributed by atoms with Gasteiger partial charge in [-0.25, -0.2) is 4.79 Å². The maximum atomic E-state index is 12.8. The van der Waals surface area contributed by atoms with E-state index in [2.05, 4.69) is 24.1 Å². The van der Waals surface area contributed by atoms with Crippen molar-refractivity contribution in [1.29, 1.82) is 0 Å². The summed E-state index contributed by atoms with van der Waals surface area (Å²) in [6, 6.07) is 8.53. The van der Waals surface area contributed by atoms with Crippen LogP contribution in [0.4, 0.5) is 0 Å². The monoisotopic (exact) mass is 344 g/mol. The number of hydrogen-bond donors (Lipinski definition) is 2. The lowest BCUT2D eigenvalue weighted by molar-refractivity contribution is -0.858. The van der Waals surface area contributed by atoms with Gasteiger partial charge >= 0.3 is 5.69 Å². The average molecular weight is 344 g/mol. The van der Waals surface area contributed by atoms with Crippen LogP contribution in [0.5, 0.6) is 5.88 Å². The Morgan fingerprint density at radius 3 is 2.52 bits per heavy atom. The molecule has 134 valence electrons. The van der Waals surface area contributed by atoms with E-state index in [4.69, 9.17) is 0 Å². The number of rotatable bonds is 7. The number of aliphatic imine (C=N–C) groups is 1. The summed E-state index contributed by atoms with van der Waals surface area (Å²) < 4.78 is 0.978. The third-order valence-electron chi connectivity index (χ3n) is 3.84. The third kappa shape index (κ3) is 4.45. The van der Waals surface area contributed by atoms with E-state index in [1.54, 1.807) is 30.3 Å². The van der Waals surface area contributed by atoms with Crippen molar-refractivity contribution in [1.82, 2.24) is 9.55 Å². The van der Waals surface area contributed by atoms with E-state index in [1.807, 2.05) is 6.92 Å². The van der Waals surface area contributed by atoms with Crippen LogP contribution in [0.25, 0.3) is 5.69 Å². The minimum atomic E-state index is -0.739. The number of nitrogens with zero attached hydrogens (tertiary/aromatic N) is 2. The van der Waals surface area contributed by atoms with Gasteiger partial charge in [0.25, 0.3) is 5.56 Å². The molecular weight excluding hydrogens is 320 g/mol. The van der Waals surface area contributed by atoms with Gasteiger partial charge < -0.3 is 10.0 Å². The van der Waals surface area contributed by atoms with Gasteiger partial charge in [-0.2, -0.15) is 0 Å². The summed E-state index contributed by atoms with van der Waals surface area (Å²) in [6.07, 6.45) is 1.30. The van der Waals surface area contributed by atoms with Crippen molar-refractivity contribution in [3.05, 3.63) is 56.7 Å². The van der Waals surface area contributed by atoms with Crippen LogP contribution in [0.1, 0.15) is 25.3 Å². The van der Waals surface area contributed by atoms with E-state index in [-0.39, 0.29) is 5.56 Å².